The van der Waals surface area contributed by atoms with E-state index in [0.29, 0.717) is 12.8 Å². The molecule has 0 rings (SSSR count). The zero-order chi connectivity index (χ0) is 36.3. The van der Waals surface area contributed by atoms with Gasteiger partial charge in [0.15, 0.2) is 0 Å². The van der Waals surface area contributed by atoms with Crippen molar-refractivity contribution in [1.29, 1.82) is 0 Å². The molecular formula is C39H79N2O7P. The van der Waals surface area contributed by atoms with Crippen molar-refractivity contribution >= 4 is 13.7 Å². The van der Waals surface area contributed by atoms with Crippen LogP contribution in [0.25, 0.3) is 0 Å². The zero-order valence-electron chi connectivity index (χ0n) is 31.8. The molecule has 0 aromatic heterocycles. The molecule has 4 unspecified atom stereocenters. The number of hydrogen-bond acceptors (Lipinski definition) is 7. The highest BCUT2D eigenvalue weighted by Gasteiger charge is 2.28. The predicted octanol–water partition coefficient (Wildman–Crippen LogP) is 9.80. The van der Waals surface area contributed by atoms with E-state index in [4.69, 9.17) is 14.8 Å². The molecule has 1 amide bonds. The molecule has 49 heavy (non-hydrogen) atoms. The van der Waals surface area contributed by atoms with E-state index in [0.717, 1.165) is 51.4 Å². The van der Waals surface area contributed by atoms with Gasteiger partial charge >= 0.3 is 7.82 Å². The van der Waals surface area contributed by atoms with Crippen LogP contribution in [0, 0.1) is 0 Å². The number of hydrogen-bond donors (Lipinski definition) is 5. The molecule has 0 aliphatic rings. The van der Waals surface area contributed by atoms with Crippen molar-refractivity contribution in [2.45, 2.75) is 212 Å². The summed E-state index contributed by atoms with van der Waals surface area (Å²) in [6.07, 6.45) is 34.0. The lowest BCUT2D eigenvalue weighted by molar-refractivity contribution is -0.125. The molecule has 0 bridgehead atoms. The molecule has 0 aliphatic heterocycles. The summed E-state index contributed by atoms with van der Waals surface area (Å²) >= 11 is 0. The third-order valence-electron chi connectivity index (χ3n) is 9.17. The third-order valence-corrected chi connectivity index (χ3v) is 10.2. The maximum Gasteiger partial charge on any atom is 0.472 e. The maximum atomic E-state index is 12.8. The summed E-state index contributed by atoms with van der Waals surface area (Å²) in [5.74, 6) is -0.423. The van der Waals surface area contributed by atoms with Crippen LogP contribution in [0.5, 0.6) is 0 Å². The second kappa shape index (κ2) is 35.6. The Balaban J connectivity index is 4.30. The van der Waals surface area contributed by atoms with Crippen molar-refractivity contribution in [3.63, 3.8) is 0 Å². The Hall–Kier alpha value is -0.800. The van der Waals surface area contributed by atoms with Gasteiger partial charge in [-0.25, -0.2) is 4.57 Å². The zero-order valence-corrected chi connectivity index (χ0v) is 32.7. The number of nitrogens with two attached hydrogens (primary N) is 1. The number of allylic oxidation sites excluding steroid dienone is 2. The summed E-state index contributed by atoms with van der Waals surface area (Å²) in [7, 11) is -4.37. The third kappa shape index (κ3) is 34.1. The summed E-state index contributed by atoms with van der Waals surface area (Å²) < 4.78 is 22.1. The van der Waals surface area contributed by atoms with E-state index < -0.39 is 32.0 Å². The molecule has 0 heterocycles. The van der Waals surface area contributed by atoms with E-state index in [1.807, 2.05) is 0 Å². The number of rotatable bonds is 38. The van der Waals surface area contributed by atoms with E-state index >= 15 is 0 Å². The van der Waals surface area contributed by atoms with Gasteiger partial charge in [-0.05, 0) is 38.5 Å². The molecule has 4 atom stereocenters. The molecule has 0 saturated heterocycles. The SMILES string of the molecule is CCCCC/C=C\CCCCCC(O)CC(=O)NC(COP(=O)(O)OCCN)C(O)CCCCCCCCCCCCCCCCCCC. The van der Waals surface area contributed by atoms with Gasteiger partial charge in [-0.2, -0.15) is 0 Å². The first-order chi connectivity index (χ1) is 23.8. The highest BCUT2D eigenvalue weighted by Crippen LogP contribution is 2.43. The lowest BCUT2D eigenvalue weighted by atomic mass is 10.0. The van der Waals surface area contributed by atoms with Gasteiger partial charge in [0, 0.05) is 6.54 Å². The first-order valence-corrected chi connectivity index (χ1v) is 21.9. The number of nitrogens with one attached hydrogen (secondary N) is 1. The summed E-state index contributed by atoms with van der Waals surface area (Å²) in [5, 5.41) is 24.1. The molecule has 0 radical (unpaired) electrons. The Morgan fingerprint density at radius 3 is 1.61 bits per heavy atom. The van der Waals surface area contributed by atoms with Gasteiger partial charge in [0.1, 0.15) is 0 Å². The van der Waals surface area contributed by atoms with Gasteiger partial charge in [0.25, 0.3) is 0 Å². The number of carbonyl (C=O) groups is 1. The molecule has 6 N–H and O–H groups in total. The Morgan fingerprint density at radius 2 is 1.10 bits per heavy atom. The lowest BCUT2D eigenvalue weighted by Gasteiger charge is -2.25. The van der Waals surface area contributed by atoms with E-state index in [1.165, 1.54) is 109 Å². The highest BCUT2D eigenvalue weighted by molar-refractivity contribution is 7.47. The normalized spacial score (nSPS) is 15.0. The second-order valence-corrected chi connectivity index (χ2v) is 15.5. The van der Waals surface area contributed by atoms with Crippen LogP contribution in [0.15, 0.2) is 12.2 Å². The first kappa shape index (κ1) is 48.2. The quantitative estimate of drug-likeness (QED) is 0.0240. The van der Waals surface area contributed by atoms with Crippen molar-refractivity contribution in [2.75, 3.05) is 19.8 Å². The molecular weight excluding hydrogens is 639 g/mol. The molecule has 10 heteroatoms. The van der Waals surface area contributed by atoms with Crippen molar-refractivity contribution in [3.05, 3.63) is 12.2 Å². The molecule has 0 aliphatic carbocycles. The summed E-state index contributed by atoms with van der Waals surface area (Å²) in [4.78, 5) is 22.7. The fourth-order valence-corrected chi connectivity index (χ4v) is 6.82. The van der Waals surface area contributed by atoms with Crippen molar-refractivity contribution < 1.29 is 33.5 Å². The van der Waals surface area contributed by atoms with Gasteiger partial charge in [0.05, 0.1) is 37.9 Å². The van der Waals surface area contributed by atoms with E-state index in [2.05, 4.69) is 31.3 Å². The monoisotopic (exact) mass is 719 g/mol. The molecule has 0 aromatic carbocycles. The Bertz CT molecular complexity index is 801. The number of amides is 1. The topological polar surface area (TPSA) is 151 Å². The van der Waals surface area contributed by atoms with E-state index in [9.17, 15) is 24.5 Å². The van der Waals surface area contributed by atoms with Crippen LogP contribution in [0.2, 0.25) is 0 Å². The average molecular weight is 719 g/mol. The van der Waals surface area contributed by atoms with Crippen molar-refractivity contribution in [3.8, 4) is 0 Å². The number of aliphatic hydroxyl groups excluding tert-OH is 2. The number of phosphoric ester groups is 1. The average Bonchev–Trinajstić information content (AvgIpc) is 3.07. The smallest absolute Gasteiger partial charge is 0.393 e. The minimum absolute atomic E-state index is 0.0592. The van der Waals surface area contributed by atoms with Crippen LogP contribution >= 0.6 is 7.82 Å². The van der Waals surface area contributed by atoms with Crippen LogP contribution in [0.3, 0.4) is 0 Å². The van der Waals surface area contributed by atoms with Gasteiger partial charge in [0.2, 0.25) is 5.91 Å². The number of phosphoric acid groups is 1. The Kier molecular flexibility index (Phi) is 35.0. The predicted molar refractivity (Wildman–Crippen MR) is 204 cm³/mol. The largest absolute Gasteiger partial charge is 0.472 e. The summed E-state index contributed by atoms with van der Waals surface area (Å²) in [6.45, 7) is 4.00. The van der Waals surface area contributed by atoms with Crippen LogP contribution < -0.4 is 11.1 Å². The van der Waals surface area contributed by atoms with Crippen LogP contribution in [-0.4, -0.2) is 59.0 Å². The Morgan fingerprint density at radius 1 is 0.673 bits per heavy atom. The highest BCUT2D eigenvalue weighted by atomic mass is 31.2. The molecule has 0 spiro atoms. The van der Waals surface area contributed by atoms with E-state index in [1.54, 1.807) is 0 Å². The van der Waals surface area contributed by atoms with Gasteiger partial charge < -0.3 is 26.2 Å². The number of aliphatic hydroxyl groups is 2. The van der Waals surface area contributed by atoms with Gasteiger partial charge in [-0.3, -0.25) is 13.8 Å². The fourth-order valence-electron chi connectivity index (χ4n) is 6.06. The molecule has 9 nitrogen and oxygen atoms in total. The second-order valence-electron chi connectivity index (χ2n) is 14.0. The molecule has 292 valence electrons. The van der Waals surface area contributed by atoms with Gasteiger partial charge in [-0.15, -0.1) is 0 Å². The van der Waals surface area contributed by atoms with Crippen LogP contribution in [0.4, 0.5) is 0 Å². The van der Waals surface area contributed by atoms with Crippen LogP contribution in [-0.2, 0) is 18.4 Å². The number of carbonyl (C=O) groups excluding carboxylic acids is 1. The fraction of sp³-hybridized carbons (Fsp3) is 0.923. The summed E-state index contributed by atoms with van der Waals surface area (Å²) in [6, 6.07) is -0.896. The molecule has 0 fully saturated rings. The minimum atomic E-state index is -4.37. The van der Waals surface area contributed by atoms with Crippen LogP contribution in [0.1, 0.15) is 194 Å². The number of unbranched alkanes of at least 4 members (excludes halogenated alkanes) is 22. The molecule has 0 saturated carbocycles. The summed E-state index contributed by atoms with van der Waals surface area (Å²) in [5.41, 5.74) is 5.36. The van der Waals surface area contributed by atoms with Crippen molar-refractivity contribution in [1.82, 2.24) is 5.32 Å². The van der Waals surface area contributed by atoms with Gasteiger partial charge in [-0.1, -0.05) is 161 Å². The minimum Gasteiger partial charge on any atom is -0.393 e. The van der Waals surface area contributed by atoms with E-state index in [-0.39, 0.29) is 26.2 Å². The first-order valence-electron chi connectivity index (χ1n) is 20.4. The molecule has 0 aromatic rings. The Labute approximate surface area is 301 Å². The van der Waals surface area contributed by atoms with Crippen molar-refractivity contribution in [2.24, 2.45) is 5.73 Å². The standard InChI is InChI=1S/C39H79N2O7P/c1-3-5-7-9-11-13-15-16-17-18-19-20-21-23-25-27-29-31-38(43)37(35-48-49(45,46)47-33-32-40)41-39(44)34-36(42)30-28-26-24-22-14-12-10-8-6-4-2/h12,14,36-38,42-43H,3-11,13,15-35,40H2,1-2H3,(H,41,44)(H,45,46)/b14-12-. The maximum absolute atomic E-state index is 12.8. The lowest BCUT2D eigenvalue weighted by Crippen LogP contribution is -2.47.